The van der Waals surface area contributed by atoms with Crippen LogP contribution in [0.4, 0.5) is 0 Å². The molecule has 1 fully saturated rings. The van der Waals surface area contributed by atoms with Gasteiger partial charge in [-0.25, -0.2) is 9.59 Å². The highest BCUT2D eigenvalue weighted by molar-refractivity contribution is 7.15. The molecule has 0 amide bonds. The van der Waals surface area contributed by atoms with E-state index in [9.17, 15) is 9.59 Å². The van der Waals surface area contributed by atoms with Gasteiger partial charge in [0.2, 0.25) is 0 Å². The maximum absolute atomic E-state index is 11.6. The van der Waals surface area contributed by atoms with Gasteiger partial charge in [-0.1, -0.05) is 37.4 Å². The third-order valence-corrected chi connectivity index (χ3v) is 6.93. The smallest absolute Gasteiger partial charge is 0.333 e. The van der Waals surface area contributed by atoms with E-state index in [0.717, 1.165) is 31.2 Å². The summed E-state index contributed by atoms with van der Waals surface area (Å²) in [5.74, 6) is 0.374. The van der Waals surface area contributed by atoms with Crippen molar-refractivity contribution in [2.24, 2.45) is 5.92 Å². The maximum Gasteiger partial charge on any atom is 0.333 e. The van der Waals surface area contributed by atoms with Gasteiger partial charge in [0.15, 0.2) is 0 Å². The highest BCUT2D eigenvalue weighted by Crippen LogP contribution is 2.41. The molecule has 1 heterocycles. The van der Waals surface area contributed by atoms with Gasteiger partial charge in [-0.05, 0) is 74.6 Å². The van der Waals surface area contributed by atoms with Gasteiger partial charge in [0.05, 0.1) is 6.61 Å². The van der Waals surface area contributed by atoms with Crippen molar-refractivity contribution in [3.05, 3.63) is 71.1 Å². The SMILES string of the molecule is C=C(C)C(=O)OCc1ccc(-c2ccc(C3CCC(COC(=O)C(=C)C)CC3)s2)cc1. The average Bonchev–Trinajstić information content (AvgIpc) is 3.26. The first-order valence-electron chi connectivity index (χ1n) is 10.7. The normalized spacial score (nSPS) is 18.3. The molecule has 3 rings (SSSR count). The molecule has 4 nitrogen and oxygen atoms in total. The van der Waals surface area contributed by atoms with Crippen LogP contribution in [0.2, 0.25) is 0 Å². The Morgan fingerprint density at radius 3 is 2.13 bits per heavy atom. The summed E-state index contributed by atoms with van der Waals surface area (Å²) >= 11 is 1.85. The number of carbonyl (C=O) groups is 2. The van der Waals surface area contributed by atoms with Gasteiger partial charge in [0.25, 0.3) is 0 Å². The molecule has 0 unspecified atom stereocenters. The molecule has 2 aromatic rings. The lowest BCUT2D eigenvalue weighted by Gasteiger charge is -2.27. The van der Waals surface area contributed by atoms with E-state index in [1.807, 2.05) is 23.5 Å². The van der Waals surface area contributed by atoms with Crippen molar-refractivity contribution >= 4 is 23.3 Å². The first kappa shape index (κ1) is 23.0. The van der Waals surface area contributed by atoms with Gasteiger partial charge in [0.1, 0.15) is 6.61 Å². The van der Waals surface area contributed by atoms with E-state index < -0.39 is 0 Å². The second kappa shape index (κ2) is 10.6. The summed E-state index contributed by atoms with van der Waals surface area (Å²) in [6.07, 6.45) is 4.42. The van der Waals surface area contributed by atoms with E-state index >= 15 is 0 Å². The van der Waals surface area contributed by atoms with Crippen molar-refractivity contribution in [2.45, 2.75) is 52.1 Å². The Labute approximate surface area is 188 Å². The van der Waals surface area contributed by atoms with Gasteiger partial charge >= 0.3 is 11.9 Å². The molecular formula is C26H30O4S. The molecule has 0 bridgehead atoms. The Morgan fingerprint density at radius 2 is 1.52 bits per heavy atom. The summed E-state index contributed by atoms with van der Waals surface area (Å²) in [6, 6.07) is 12.6. The Morgan fingerprint density at radius 1 is 0.903 bits per heavy atom. The predicted molar refractivity (Wildman–Crippen MR) is 125 cm³/mol. The van der Waals surface area contributed by atoms with E-state index in [1.165, 1.54) is 15.3 Å². The number of rotatable bonds is 8. The fourth-order valence-corrected chi connectivity index (χ4v) is 4.88. The fraction of sp³-hybridized carbons (Fsp3) is 0.385. The Kier molecular flexibility index (Phi) is 7.85. The standard InChI is InChI=1S/C26H30O4S/c1-17(2)25(27)29-15-19-5-9-21(10-6-19)23-13-14-24(31-23)22-11-7-20(8-12-22)16-30-26(28)18(3)4/h5-6,9-10,13-14,20,22H,1,3,7-8,11-12,15-16H2,2,4H3. The molecule has 0 radical (unpaired) electrons. The van der Waals surface area contributed by atoms with Crippen LogP contribution in [0.5, 0.6) is 0 Å². The number of thiophene rings is 1. The Balaban J connectivity index is 1.51. The molecule has 1 saturated carbocycles. The van der Waals surface area contributed by atoms with E-state index in [-0.39, 0.29) is 18.5 Å². The quantitative estimate of drug-likeness (QED) is 0.352. The molecule has 1 aliphatic rings. The van der Waals surface area contributed by atoms with E-state index in [0.29, 0.717) is 29.6 Å². The van der Waals surface area contributed by atoms with Crippen LogP contribution in [0.25, 0.3) is 10.4 Å². The van der Waals surface area contributed by atoms with Crippen LogP contribution in [0, 0.1) is 5.92 Å². The van der Waals surface area contributed by atoms with E-state index in [4.69, 9.17) is 9.47 Å². The molecule has 1 aromatic carbocycles. The van der Waals surface area contributed by atoms with Crippen LogP contribution in [-0.4, -0.2) is 18.5 Å². The van der Waals surface area contributed by atoms with Crippen LogP contribution in [-0.2, 0) is 25.7 Å². The molecule has 5 heteroatoms. The first-order chi connectivity index (χ1) is 14.8. The number of carbonyl (C=O) groups excluding carboxylic acids is 2. The molecule has 1 aliphatic carbocycles. The zero-order valence-corrected chi connectivity index (χ0v) is 19.1. The van der Waals surface area contributed by atoms with Crippen LogP contribution in [0.15, 0.2) is 60.7 Å². The highest BCUT2D eigenvalue weighted by Gasteiger charge is 2.24. The minimum absolute atomic E-state index is 0.257. The molecule has 164 valence electrons. The third kappa shape index (κ3) is 6.41. The lowest BCUT2D eigenvalue weighted by Crippen LogP contribution is -2.19. The lowest BCUT2D eigenvalue weighted by atomic mass is 9.82. The van der Waals surface area contributed by atoms with Crippen molar-refractivity contribution in [1.29, 1.82) is 0 Å². The predicted octanol–water partition coefficient (Wildman–Crippen LogP) is 6.43. The van der Waals surface area contributed by atoms with Crippen LogP contribution >= 0.6 is 11.3 Å². The van der Waals surface area contributed by atoms with Gasteiger partial charge in [-0.3, -0.25) is 0 Å². The summed E-state index contributed by atoms with van der Waals surface area (Å²) in [5, 5.41) is 0. The first-order valence-corrected chi connectivity index (χ1v) is 11.5. The fourth-order valence-electron chi connectivity index (χ4n) is 3.70. The van der Waals surface area contributed by atoms with Crippen molar-refractivity contribution in [1.82, 2.24) is 0 Å². The summed E-state index contributed by atoms with van der Waals surface area (Å²) in [7, 11) is 0. The van der Waals surface area contributed by atoms with Gasteiger partial charge in [-0.15, -0.1) is 11.3 Å². The number of hydrogen-bond donors (Lipinski definition) is 0. The zero-order valence-electron chi connectivity index (χ0n) is 18.3. The minimum atomic E-state index is -0.365. The summed E-state index contributed by atoms with van der Waals surface area (Å²) in [5.41, 5.74) is 3.00. The molecule has 1 aromatic heterocycles. The number of ether oxygens (including phenoxy) is 2. The van der Waals surface area contributed by atoms with Crippen molar-refractivity contribution in [3.8, 4) is 10.4 Å². The van der Waals surface area contributed by atoms with E-state index in [1.54, 1.807) is 13.8 Å². The van der Waals surface area contributed by atoms with Crippen LogP contribution in [0.3, 0.4) is 0 Å². The second-order valence-corrected chi connectivity index (χ2v) is 9.47. The lowest BCUT2D eigenvalue weighted by molar-refractivity contribution is -0.141. The maximum atomic E-state index is 11.6. The van der Waals surface area contributed by atoms with Crippen molar-refractivity contribution in [2.75, 3.05) is 6.61 Å². The molecule has 0 aliphatic heterocycles. The molecule has 0 N–H and O–H groups in total. The van der Waals surface area contributed by atoms with Gasteiger partial charge in [0, 0.05) is 20.9 Å². The topological polar surface area (TPSA) is 52.6 Å². The molecule has 31 heavy (non-hydrogen) atoms. The van der Waals surface area contributed by atoms with Crippen molar-refractivity contribution < 1.29 is 19.1 Å². The van der Waals surface area contributed by atoms with E-state index in [2.05, 4.69) is 37.4 Å². The zero-order chi connectivity index (χ0) is 22.4. The van der Waals surface area contributed by atoms with Crippen LogP contribution in [0.1, 0.15) is 55.9 Å². The van der Waals surface area contributed by atoms with Crippen LogP contribution < -0.4 is 0 Å². The number of esters is 2. The molecule has 0 atom stereocenters. The van der Waals surface area contributed by atoms with Gasteiger partial charge in [-0.2, -0.15) is 0 Å². The largest absolute Gasteiger partial charge is 0.462 e. The van der Waals surface area contributed by atoms with Crippen molar-refractivity contribution in [3.63, 3.8) is 0 Å². The molecule has 0 saturated heterocycles. The molecule has 0 spiro atoms. The molecular weight excluding hydrogens is 408 g/mol. The monoisotopic (exact) mass is 438 g/mol. The summed E-state index contributed by atoms with van der Waals surface area (Å²) in [6.45, 7) is 11.3. The minimum Gasteiger partial charge on any atom is -0.462 e. The second-order valence-electron chi connectivity index (χ2n) is 8.35. The summed E-state index contributed by atoms with van der Waals surface area (Å²) in [4.78, 5) is 25.8. The Bertz CT molecular complexity index is 946. The Hall–Kier alpha value is -2.66. The highest BCUT2D eigenvalue weighted by atomic mass is 32.1. The number of benzene rings is 1. The van der Waals surface area contributed by atoms with Gasteiger partial charge < -0.3 is 9.47 Å². The number of hydrogen-bond acceptors (Lipinski definition) is 5. The third-order valence-electron chi connectivity index (χ3n) is 5.63. The summed E-state index contributed by atoms with van der Waals surface area (Å²) < 4.78 is 10.5. The average molecular weight is 439 g/mol.